The summed E-state index contributed by atoms with van der Waals surface area (Å²) in [5, 5.41) is 10.1. The topological polar surface area (TPSA) is 38.3 Å². The molecule has 5 aromatic rings. The van der Waals surface area contributed by atoms with Crippen LogP contribution in [-0.2, 0) is 17.5 Å². The van der Waals surface area contributed by atoms with Gasteiger partial charge in [0.1, 0.15) is 5.75 Å². The lowest BCUT2D eigenvalue weighted by atomic mass is 9.94. The van der Waals surface area contributed by atoms with E-state index in [2.05, 4.69) is 66.6 Å². The average molecular weight is 399 g/mol. The van der Waals surface area contributed by atoms with Crippen molar-refractivity contribution in [1.29, 1.82) is 0 Å². The summed E-state index contributed by atoms with van der Waals surface area (Å²) in [6.07, 6.45) is 0.953. The summed E-state index contributed by atoms with van der Waals surface area (Å²) >= 11 is 0. The quantitative estimate of drug-likeness (QED) is 0.255. The maximum absolute atomic E-state index is 12.7. The Balaban J connectivity index is 1.46. The second-order valence-corrected chi connectivity index (χ2v) is 8.42. The van der Waals surface area contributed by atoms with Crippen molar-refractivity contribution in [2.45, 2.75) is 19.9 Å². The molecule has 0 aromatic heterocycles. The molecule has 0 saturated heterocycles. The molecular formula is C25H22NO2P. The van der Waals surface area contributed by atoms with Gasteiger partial charge in [-0.1, -0.05) is 73.7 Å². The van der Waals surface area contributed by atoms with Gasteiger partial charge in [0.25, 0.3) is 0 Å². The van der Waals surface area contributed by atoms with E-state index in [-0.39, 0.29) is 0 Å². The number of hydrogen-bond donors (Lipinski definition) is 1. The lowest BCUT2D eigenvalue weighted by Crippen LogP contribution is -2.08. The van der Waals surface area contributed by atoms with Crippen molar-refractivity contribution in [3.05, 3.63) is 90.0 Å². The van der Waals surface area contributed by atoms with Crippen LogP contribution in [0.4, 0.5) is 0 Å². The third kappa shape index (κ3) is 3.27. The fraction of sp³-hybridized carbons (Fsp3) is 0.120. The number of rotatable bonds is 6. The van der Waals surface area contributed by atoms with Crippen LogP contribution in [0.3, 0.4) is 0 Å². The van der Waals surface area contributed by atoms with Gasteiger partial charge < -0.3 is 4.52 Å². The summed E-state index contributed by atoms with van der Waals surface area (Å²) in [5.74, 6) is 0.663. The fourth-order valence-electron chi connectivity index (χ4n) is 4.18. The van der Waals surface area contributed by atoms with E-state index in [1.807, 2.05) is 24.3 Å². The summed E-state index contributed by atoms with van der Waals surface area (Å²) in [6.45, 7) is 2.66. The van der Waals surface area contributed by atoms with Crippen LogP contribution in [-0.4, -0.2) is 0 Å². The van der Waals surface area contributed by atoms with Gasteiger partial charge >= 0.3 is 8.18 Å². The zero-order valence-corrected chi connectivity index (χ0v) is 17.2. The van der Waals surface area contributed by atoms with E-state index in [1.54, 1.807) is 0 Å². The highest BCUT2D eigenvalue weighted by Gasteiger charge is 2.13. The van der Waals surface area contributed by atoms with Crippen LogP contribution in [0.2, 0.25) is 0 Å². The molecule has 1 unspecified atom stereocenters. The van der Waals surface area contributed by atoms with Gasteiger partial charge in [0.15, 0.2) is 0 Å². The SMILES string of the molecule is CCc1ccccc1CN[PH](=O)Oc1ccc2ccc3cccc4ccc1c2c34. The monoisotopic (exact) mass is 399 g/mol. The minimum Gasteiger partial charge on any atom is -0.434 e. The molecule has 0 bridgehead atoms. The summed E-state index contributed by atoms with van der Waals surface area (Å²) in [5.41, 5.74) is 2.42. The summed E-state index contributed by atoms with van der Waals surface area (Å²) in [6, 6.07) is 27.0. The second kappa shape index (κ2) is 7.51. The third-order valence-electron chi connectivity index (χ3n) is 5.61. The van der Waals surface area contributed by atoms with Gasteiger partial charge in [-0.3, -0.25) is 4.57 Å². The first-order valence-electron chi connectivity index (χ1n) is 9.93. The van der Waals surface area contributed by atoms with Crippen LogP contribution in [0.1, 0.15) is 18.1 Å². The molecular weight excluding hydrogens is 377 g/mol. The first-order valence-corrected chi connectivity index (χ1v) is 11.3. The first kappa shape index (κ1) is 18.2. The van der Waals surface area contributed by atoms with E-state index in [0.717, 1.165) is 17.4 Å². The van der Waals surface area contributed by atoms with Crippen molar-refractivity contribution in [2.24, 2.45) is 0 Å². The van der Waals surface area contributed by atoms with Crippen molar-refractivity contribution >= 4 is 40.5 Å². The first-order chi connectivity index (χ1) is 14.2. The molecule has 4 heteroatoms. The minimum absolute atomic E-state index is 0.535. The molecule has 0 aliphatic carbocycles. The Morgan fingerprint density at radius 3 is 2.17 bits per heavy atom. The highest BCUT2D eigenvalue weighted by molar-refractivity contribution is 7.37. The Hall–Kier alpha value is -2.87. The van der Waals surface area contributed by atoms with Gasteiger partial charge in [0.05, 0.1) is 0 Å². The number of nitrogens with one attached hydrogen (secondary N) is 1. The standard InChI is InChI=1S/C25H22NO2P/c1-2-17-6-3-4-7-21(17)16-26-29(27)28-23-15-13-20-11-10-18-8-5-9-19-12-14-22(23)25(20)24(18)19/h3-15,29H,2,16H2,1H3,(H,26,27). The predicted octanol–water partition coefficient (Wildman–Crippen LogP) is 6.70. The molecule has 0 aliphatic heterocycles. The Bertz CT molecular complexity index is 1330. The van der Waals surface area contributed by atoms with Crippen LogP contribution in [0.25, 0.3) is 32.3 Å². The molecule has 0 amide bonds. The summed E-state index contributed by atoms with van der Waals surface area (Å²) in [7, 11) is -2.43. The van der Waals surface area contributed by atoms with Crippen LogP contribution in [0, 0.1) is 0 Å². The van der Waals surface area contributed by atoms with Gasteiger partial charge in [0, 0.05) is 17.3 Å². The van der Waals surface area contributed by atoms with Crippen LogP contribution in [0.5, 0.6) is 5.75 Å². The van der Waals surface area contributed by atoms with Crippen LogP contribution in [0.15, 0.2) is 78.9 Å². The highest BCUT2D eigenvalue weighted by Crippen LogP contribution is 2.40. The predicted molar refractivity (Wildman–Crippen MR) is 122 cm³/mol. The van der Waals surface area contributed by atoms with Crippen molar-refractivity contribution in [2.75, 3.05) is 0 Å². The Kier molecular flexibility index (Phi) is 4.71. The number of hydrogen-bond acceptors (Lipinski definition) is 2. The lowest BCUT2D eigenvalue weighted by Gasteiger charge is -2.15. The number of benzene rings is 5. The molecule has 0 spiro atoms. The molecule has 1 atom stereocenters. The van der Waals surface area contributed by atoms with Gasteiger partial charge in [-0.2, -0.15) is 0 Å². The molecule has 0 saturated carbocycles. The molecule has 144 valence electrons. The molecule has 5 aromatic carbocycles. The van der Waals surface area contributed by atoms with Crippen molar-refractivity contribution < 1.29 is 9.09 Å². The molecule has 3 nitrogen and oxygen atoms in total. The molecule has 0 aliphatic rings. The molecule has 5 rings (SSSR count). The summed E-state index contributed by atoms with van der Waals surface area (Å²) in [4.78, 5) is 0. The molecule has 29 heavy (non-hydrogen) atoms. The van der Waals surface area contributed by atoms with Gasteiger partial charge in [0.2, 0.25) is 0 Å². The van der Waals surface area contributed by atoms with Gasteiger partial charge in [-0.15, -0.1) is 0 Å². The lowest BCUT2D eigenvalue weighted by molar-refractivity contribution is 0.494. The molecule has 0 heterocycles. The Morgan fingerprint density at radius 2 is 1.41 bits per heavy atom. The molecule has 1 N–H and O–H groups in total. The number of aryl methyl sites for hydroxylation is 1. The second-order valence-electron chi connectivity index (χ2n) is 7.29. The van der Waals surface area contributed by atoms with E-state index < -0.39 is 8.18 Å². The zero-order valence-electron chi connectivity index (χ0n) is 16.2. The van der Waals surface area contributed by atoms with Gasteiger partial charge in [-0.05, 0) is 51.2 Å². The van der Waals surface area contributed by atoms with Crippen molar-refractivity contribution in [1.82, 2.24) is 5.09 Å². The van der Waals surface area contributed by atoms with E-state index in [1.165, 1.54) is 32.5 Å². The van der Waals surface area contributed by atoms with Crippen LogP contribution >= 0.6 is 8.18 Å². The zero-order chi connectivity index (χ0) is 19.8. The maximum atomic E-state index is 12.7. The van der Waals surface area contributed by atoms with Crippen molar-refractivity contribution in [3.63, 3.8) is 0 Å². The third-order valence-corrected chi connectivity index (χ3v) is 6.48. The highest BCUT2D eigenvalue weighted by atomic mass is 31.1. The minimum atomic E-state index is -2.43. The van der Waals surface area contributed by atoms with E-state index >= 15 is 0 Å². The Morgan fingerprint density at radius 1 is 0.759 bits per heavy atom. The smallest absolute Gasteiger partial charge is 0.305 e. The normalized spacial score (nSPS) is 12.7. The van der Waals surface area contributed by atoms with Gasteiger partial charge in [-0.25, -0.2) is 5.09 Å². The van der Waals surface area contributed by atoms with E-state index in [9.17, 15) is 4.57 Å². The largest absolute Gasteiger partial charge is 0.434 e. The maximum Gasteiger partial charge on any atom is 0.305 e. The molecule has 0 fully saturated rings. The Labute approximate surface area is 170 Å². The van der Waals surface area contributed by atoms with E-state index in [0.29, 0.717) is 12.3 Å². The van der Waals surface area contributed by atoms with E-state index in [4.69, 9.17) is 4.52 Å². The van der Waals surface area contributed by atoms with Crippen molar-refractivity contribution in [3.8, 4) is 5.75 Å². The summed E-state index contributed by atoms with van der Waals surface area (Å²) < 4.78 is 18.6. The van der Waals surface area contributed by atoms with Crippen LogP contribution < -0.4 is 9.61 Å². The molecule has 0 radical (unpaired) electrons. The fourth-order valence-corrected chi connectivity index (χ4v) is 4.96. The average Bonchev–Trinajstić information content (AvgIpc) is 2.77.